The molecule has 0 amide bonds. The minimum Gasteiger partial charge on any atom is -0.0654 e. The Morgan fingerprint density at radius 3 is 1.31 bits per heavy atom. The third-order valence-corrected chi connectivity index (χ3v) is 5.29. The maximum atomic E-state index is 2.34. The van der Waals surface area contributed by atoms with E-state index in [0.717, 1.165) is 5.92 Å². The predicted molar refractivity (Wildman–Crippen MR) is 121 cm³/mol. The normalized spacial score (nSPS) is 16.3. The zero-order valence-electron chi connectivity index (χ0n) is 18.6. The third kappa shape index (κ3) is 19.5. The minimum absolute atomic E-state index is 1.05. The van der Waals surface area contributed by atoms with E-state index in [1.54, 1.807) is 0 Å². The van der Waals surface area contributed by atoms with Crippen molar-refractivity contribution in [2.75, 3.05) is 0 Å². The molecule has 0 N–H and O–H groups in total. The van der Waals surface area contributed by atoms with E-state index in [9.17, 15) is 0 Å². The average molecular weight is 361 g/mol. The predicted octanol–water partition coefficient (Wildman–Crippen LogP) is 9.51. The van der Waals surface area contributed by atoms with Crippen LogP contribution in [-0.2, 0) is 0 Å². The second-order valence-electron chi connectivity index (χ2n) is 8.23. The number of aryl methyl sites for hydroxylation is 1. The topological polar surface area (TPSA) is 0 Å². The van der Waals surface area contributed by atoms with E-state index in [1.165, 1.54) is 102 Å². The first-order valence-electron chi connectivity index (χ1n) is 11.7. The van der Waals surface area contributed by atoms with Crippen molar-refractivity contribution in [2.24, 2.45) is 5.92 Å². The molecule has 0 nitrogen and oxygen atoms in total. The molecule has 0 heterocycles. The van der Waals surface area contributed by atoms with E-state index in [4.69, 9.17) is 0 Å². The lowest BCUT2D eigenvalue weighted by atomic mass is 10.0. The van der Waals surface area contributed by atoms with Crippen LogP contribution in [0.2, 0.25) is 0 Å². The summed E-state index contributed by atoms with van der Waals surface area (Å²) < 4.78 is 0. The van der Waals surface area contributed by atoms with Gasteiger partial charge < -0.3 is 0 Å². The van der Waals surface area contributed by atoms with Gasteiger partial charge in [-0.25, -0.2) is 0 Å². The molecular weight excluding hydrogens is 312 g/mol. The summed E-state index contributed by atoms with van der Waals surface area (Å²) in [6.45, 7) is 8.91. The van der Waals surface area contributed by atoms with Crippen molar-refractivity contribution in [2.45, 2.75) is 124 Å². The van der Waals surface area contributed by atoms with E-state index in [2.05, 4.69) is 39.8 Å². The number of unbranched alkanes of at least 4 members (excludes halogenated alkanes) is 4. The molecule has 1 aromatic carbocycles. The first-order valence-corrected chi connectivity index (χ1v) is 11.7. The number of benzene rings is 1. The van der Waals surface area contributed by atoms with E-state index >= 15 is 0 Å². The molecule has 0 spiro atoms. The average Bonchev–Trinajstić information content (AvgIpc) is 3.17. The molecule has 0 aliphatic heterocycles. The van der Waals surface area contributed by atoms with Crippen LogP contribution in [0.25, 0.3) is 0 Å². The zero-order valence-corrected chi connectivity index (χ0v) is 18.6. The lowest BCUT2D eigenvalue weighted by molar-refractivity contribution is 0.504. The van der Waals surface area contributed by atoms with Crippen molar-refractivity contribution in [3.05, 3.63) is 35.9 Å². The molecule has 26 heavy (non-hydrogen) atoms. The van der Waals surface area contributed by atoms with E-state index in [0.29, 0.717) is 0 Å². The van der Waals surface area contributed by atoms with Crippen LogP contribution in [0.3, 0.4) is 0 Å². The second kappa shape index (κ2) is 20.5. The molecule has 0 unspecified atom stereocenters. The van der Waals surface area contributed by atoms with Crippen molar-refractivity contribution in [3.63, 3.8) is 0 Å². The van der Waals surface area contributed by atoms with Crippen LogP contribution in [0.4, 0.5) is 0 Å². The highest BCUT2D eigenvalue weighted by molar-refractivity contribution is 5.11. The van der Waals surface area contributed by atoms with Crippen LogP contribution < -0.4 is 0 Å². The minimum atomic E-state index is 1.05. The van der Waals surface area contributed by atoms with Crippen molar-refractivity contribution < 1.29 is 0 Å². The Hall–Kier alpha value is -0.780. The van der Waals surface area contributed by atoms with Gasteiger partial charge in [0, 0.05) is 0 Å². The molecule has 0 bridgehead atoms. The Morgan fingerprint density at radius 2 is 1.08 bits per heavy atom. The van der Waals surface area contributed by atoms with Gasteiger partial charge in [-0.1, -0.05) is 153 Å². The van der Waals surface area contributed by atoms with Gasteiger partial charge in [-0.2, -0.15) is 0 Å². The Kier molecular flexibility index (Phi) is 19.9. The number of hydrogen-bond acceptors (Lipinski definition) is 0. The van der Waals surface area contributed by atoms with Crippen molar-refractivity contribution >= 4 is 0 Å². The van der Waals surface area contributed by atoms with Gasteiger partial charge >= 0.3 is 0 Å². The molecule has 1 aromatic rings. The Bertz CT molecular complexity index is 328. The molecular formula is C26H48. The highest BCUT2D eigenvalue weighted by atomic mass is 14.1. The van der Waals surface area contributed by atoms with Crippen molar-refractivity contribution in [3.8, 4) is 0 Å². The second-order valence-corrected chi connectivity index (χ2v) is 8.23. The summed E-state index contributed by atoms with van der Waals surface area (Å²) in [5, 5.41) is 0. The molecule has 2 fully saturated rings. The standard InChI is InChI=1S/C7H8.C7H16.2C6H12/c1-7-5-3-2-4-6-7;1-3-5-7-6-4-2;1-6-4-2-3-5-6;1-2-4-6-5-3-1/h2-6H,1H3;3-7H2,1-2H3;6H,2-5H2,1H3;1-6H2. The highest BCUT2D eigenvalue weighted by Gasteiger charge is 2.07. The lowest BCUT2D eigenvalue weighted by Crippen LogP contribution is -1.85. The first-order chi connectivity index (χ1) is 12.7. The maximum absolute atomic E-state index is 2.34. The van der Waals surface area contributed by atoms with E-state index in [1.807, 2.05) is 18.2 Å². The zero-order chi connectivity index (χ0) is 19.3. The number of hydrogen-bond donors (Lipinski definition) is 0. The van der Waals surface area contributed by atoms with Gasteiger partial charge in [-0.05, 0) is 12.8 Å². The van der Waals surface area contributed by atoms with Crippen LogP contribution in [0.15, 0.2) is 30.3 Å². The van der Waals surface area contributed by atoms with Crippen LogP contribution in [-0.4, -0.2) is 0 Å². The van der Waals surface area contributed by atoms with Crippen molar-refractivity contribution in [1.29, 1.82) is 0 Å². The highest BCUT2D eigenvalue weighted by Crippen LogP contribution is 2.22. The molecule has 3 rings (SSSR count). The molecule has 152 valence electrons. The summed E-state index contributed by atoms with van der Waals surface area (Å²) in [4.78, 5) is 0. The van der Waals surface area contributed by atoms with Gasteiger partial charge in [0.05, 0.1) is 0 Å². The summed E-state index contributed by atoms with van der Waals surface area (Å²) in [6.07, 6.45) is 22.0. The fourth-order valence-electron chi connectivity index (χ4n) is 3.40. The van der Waals surface area contributed by atoms with E-state index < -0.39 is 0 Å². The third-order valence-electron chi connectivity index (χ3n) is 5.29. The summed E-state index contributed by atoms with van der Waals surface area (Å²) >= 11 is 0. The Labute approximate surface area is 166 Å². The molecule has 0 atom stereocenters. The largest absolute Gasteiger partial charge is 0.0654 e. The fourth-order valence-corrected chi connectivity index (χ4v) is 3.40. The summed E-state index contributed by atoms with van der Waals surface area (Å²) in [6, 6.07) is 10.3. The van der Waals surface area contributed by atoms with Gasteiger partial charge in [0.2, 0.25) is 0 Å². The van der Waals surface area contributed by atoms with E-state index in [-0.39, 0.29) is 0 Å². The van der Waals surface area contributed by atoms with Crippen LogP contribution in [0.5, 0.6) is 0 Å². The quantitative estimate of drug-likeness (QED) is 0.469. The van der Waals surface area contributed by atoms with Crippen LogP contribution >= 0.6 is 0 Å². The molecule has 2 saturated carbocycles. The van der Waals surface area contributed by atoms with Gasteiger partial charge in [0.25, 0.3) is 0 Å². The molecule has 0 aromatic heterocycles. The van der Waals surface area contributed by atoms with Gasteiger partial charge in [-0.3, -0.25) is 0 Å². The van der Waals surface area contributed by atoms with Gasteiger partial charge in [0.1, 0.15) is 0 Å². The molecule has 0 heteroatoms. The first kappa shape index (κ1) is 25.2. The lowest BCUT2D eigenvalue weighted by Gasteiger charge is -2.05. The Balaban J connectivity index is 0.000000321. The van der Waals surface area contributed by atoms with Crippen molar-refractivity contribution in [1.82, 2.24) is 0 Å². The molecule has 0 saturated heterocycles. The molecule has 0 radical (unpaired) electrons. The smallest absolute Gasteiger partial charge is 0.0398 e. The summed E-state index contributed by atoms with van der Waals surface area (Å²) in [7, 11) is 0. The Morgan fingerprint density at radius 1 is 0.654 bits per heavy atom. The van der Waals surface area contributed by atoms with Gasteiger partial charge in [-0.15, -0.1) is 0 Å². The van der Waals surface area contributed by atoms with Crippen LogP contribution in [0.1, 0.15) is 123 Å². The van der Waals surface area contributed by atoms with Gasteiger partial charge in [0.15, 0.2) is 0 Å². The summed E-state index contributed by atoms with van der Waals surface area (Å²) in [5.74, 6) is 1.05. The summed E-state index contributed by atoms with van der Waals surface area (Å²) in [5.41, 5.74) is 1.32. The number of rotatable bonds is 4. The molecule has 2 aliphatic rings. The SMILES string of the molecule is C1CCCCC1.CC1CCCC1.CCCCCCC.Cc1ccccc1. The fraction of sp³-hybridized carbons (Fsp3) is 0.769. The maximum Gasteiger partial charge on any atom is -0.0398 e. The monoisotopic (exact) mass is 360 g/mol. The molecule has 2 aliphatic carbocycles. The van der Waals surface area contributed by atoms with Crippen LogP contribution in [0, 0.1) is 12.8 Å².